The molecule has 3 nitrogen and oxygen atoms in total. The monoisotopic (exact) mass is 223 g/mol. The van der Waals surface area contributed by atoms with Crippen LogP contribution in [-0.2, 0) is 0 Å². The van der Waals surface area contributed by atoms with E-state index in [0.29, 0.717) is 0 Å². The number of fused-ring (bicyclic) bond motifs is 1. The highest BCUT2D eigenvalue weighted by molar-refractivity contribution is 5.66. The topological polar surface area (TPSA) is 43.3 Å². The van der Waals surface area contributed by atoms with Gasteiger partial charge >= 0.3 is 0 Å². The molecule has 0 atom stereocenters. The molecule has 1 aromatic carbocycles. The number of aryl methyl sites for hydroxylation is 1. The third kappa shape index (κ3) is 1.56. The molecule has 2 heterocycles. The molecule has 17 heavy (non-hydrogen) atoms. The number of benzene rings is 1. The van der Waals surface area contributed by atoms with E-state index in [4.69, 9.17) is 5.73 Å². The minimum atomic E-state index is 0.757. The van der Waals surface area contributed by atoms with Crippen molar-refractivity contribution in [1.29, 1.82) is 0 Å². The van der Waals surface area contributed by atoms with Crippen molar-refractivity contribution < 1.29 is 0 Å². The van der Waals surface area contributed by atoms with Crippen LogP contribution < -0.4 is 5.73 Å². The zero-order chi connectivity index (χ0) is 11.8. The summed E-state index contributed by atoms with van der Waals surface area (Å²) in [5, 5.41) is 0. The van der Waals surface area contributed by atoms with E-state index in [1.807, 2.05) is 36.5 Å². The maximum atomic E-state index is 5.81. The van der Waals surface area contributed by atoms with Gasteiger partial charge < -0.3 is 5.73 Å². The fourth-order valence-electron chi connectivity index (χ4n) is 2.10. The first-order chi connectivity index (χ1) is 8.25. The van der Waals surface area contributed by atoms with E-state index in [-0.39, 0.29) is 0 Å². The molecule has 0 aliphatic heterocycles. The number of hydrogen-bond acceptors (Lipinski definition) is 2. The molecule has 84 valence electrons. The predicted molar refractivity (Wildman–Crippen MR) is 69.8 cm³/mol. The van der Waals surface area contributed by atoms with Crippen LogP contribution in [-0.4, -0.2) is 9.38 Å². The van der Waals surface area contributed by atoms with Gasteiger partial charge in [0, 0.05) is 16.9 Å². The van der Waals surface area contributed by atoms with Gasteiger partial charge in [0.2, 0.25) is 0 Å². The van der Waals surface area contributed by atoms with Crippen LogP contribution in [0.25, 0.3) is 16.9 Å². The van der Waals surface area contributed by atoms with E-state index < -0.39 is 0 Å². The molecule has 0 saturated carbocycles. The van der Waals surface area contributed by atoms with Gasteiger partial charge in [-0.05, 0) is 31.2 Å². The number of pyridine rings is 1. The molecule has 0 radical (unpaired) electrons. The van der Waals surface area contributed by atoms with Crippen molar-refractivity contribution in [3.63, 3.8) is 0 Å². The SMILES string of the molecule is Cc1cccc2cnc(-c3cccc(N)c3)n12. The summed E-state index contributed by atoms with van der Waals surface area (Å²) in [7, 11) is 0. The van der Waals surface area contributed by atoms with Crippen LogP contribution in [0.5, 0.6) is 0 Å². The van der Waals surface area contributed by atoms with Crippen LogP contribution in [0.3, 0.4) is 0 Å². The number of imidazole rings is 1. The Bertz CT molecular complexity index is 683. The lowest BCUT2D eigenvalue weighted by molar-refractivity contribution is 1.08. The quantitative estimate of drug-likeness (QED) is 0.644. The molecule has 0 amide bonds. The second-order valence-corrected chi connectivity index (χ2v) is 4.13. The van der Waals surface area contributed by atoms with Crippen LogP contribution in [0.15, 0.2) is 48.7 Å². The van der Waals surface area contributed by atoms with Crippen molar-refractivity contribution in [3.05, 3.63) is 54.4 Å². The minimum absolute atomic E-state index is 0.757. The van der Waals surface area contributed by atoms with Gasteiger partial charge in [0.1, 0.15) is 5.82 Å². The van der Waals surface area contributed by atoms with Gasteiger partial charge in [0.05, 0.1) is 11.7 Å². The highest BCUT2D eigenvalue weighted by Crippen LogP contribution is 2.22. The Balaban J connectivity index is 2.31. The lowest BCUT2D eigenvalue weighted by Crippen LogP contribution is -1.94. The van der Waals surface area contributed by atoms with E-state index in [0.717, 1.165) is 28.3 Å². The molecule has 0 unspecified atom stereocenters. The molecule has 0 spiro atoms. The summed E-state index contributed by atoms with van der Waals surface area (Å²) in [6.07, 6.45) is 1.88. The van der Waals surface area contributed by atoms with Gasteiger partial charge in [0.15, 0.2) is 0 Å². The first-order valence-corrected chi connectivity index (χ1v) is 5.55. The normalized spacial score (nSPS) is 10.9. The van der Waals surface area contributed by atoms with Crippen molar-refractivity contribution in [2.24, 2.45) is 0 Å². The molecule has 0 saturated heterocycles. The van der Waals surface area contributed by atoms with Crippen molar-refractivity contribution >= 4 is 11.2 Å². The van der Waals surface area contributed by atoms with Crippen molar-refractivity contribution in [2.45, 2.75) is 6.92 Å². The fraction of sp³-hybridized carbons (Fsp3) is 0.0714. The smallest absolute Gasteiger partial charge is 0.144 e. The van der Waals surface area contributed by atoms with Crippen molar-refractivity contribution in [1.82, 2.24) is 9.38 Å². The average Bonchev–Trinajstić information content (AvgIpc) is 2.74. The Labute approximate surface area is 99.5 Å². The lowest BCUT2D eigenvalue weighted by Gasteiger charge is -2.05. The average molecular weight is 223 g/mol. The summed E-state index contributed by atoms with van der Waals surface area (Å²) in [4.78, 5) is 4.47. The first kappa shape index (κ1) is 9.90. The maximum absolute atomic E-state index is 5.81. The Kier molecular flexibility index (Phi) is 2.11. The minimum Gasteiger partial charge on any atom is -0.399 e. The number of aromatic nitrogens is 2. The van der Waals surface area contributed by atoms with E-state index in [1.54, 1.807) is 0 Å². The Morgan fingerprint density at radius 2 is 1.94 bits per heavy atom. The molecule has 2 N–H and O–H groups in total. The fourth-order valence-corrected chi connectivity index (χ4v) is 2.10. The molecule has 2 aromatic heterocycles. The largest absolute Gasteiger partial charge is 0.399 e. The maximum Gasteiger partial charge on any atom is 0.144 e. The summed E-state index contributed by atoms with van der Waals surface area (Å²) in [5.41, 5.74) is 9.87. The molecule has 0 fully saturated rings. The van der Waals surface area contributed by atoms with Crippen LogP contribution in [0.2, 0.25) is 0 Å². The number of rotatable bonds is 1. The van der Waals surface area contributed by atoms with E-state index in [2.05, 4.69) is 28.4 Å². The van der Waals surface area contributed by atoms with Crippen LogP contribution in [0.1, 0.15) is 5.69 Å². The van der Waals surface area contributed by atoms with Gasteiger partial charge in [0.25, 0.3) is 0 Å². The third-order valence-corrected chi connectivity index (χ3v) is 2.89. The molecule has 0 aliphatic rings. The summed E-state index contributed by atoms with van der Waals surface area (Å²) in [6, 6.07) is 14.0. The Morgan fingerprint density at radius 3 is 2.76 bits per heavy atom. The van der Waals surface area contributed by atoms with Gasteiger partial charge in [-0.1, -0.05) is 18.2 Å². The molecular weight excluding hydrogens is 210 g/mol. The molecule has 3 rings (SSSR count). The van der Waals surface area contributed by atoms with Crippen LogP contribution in [0.4, 0.5) is 5.69 Å². The number of hydrogen-bond donors (Lipinski definition) is 1. The zero-order valence-corrected chi connectivity index (χ0v) is 9.59. The van der Waals surface area contributed by atoms with Gasteiger partial charge in [-0.15, -0.1) is 0 Å². The summed E-state index contributed by atoms with van der Waals surface area (Å²) >= 11 is 0. The molecular formula is C14H13N3. The Hall–Kier alpha value is -2.29. The van der Waals surface area contributed by atoms with E-state index >= 15 is 0 Å². The van der Waals surface area contributed by atoms with Crippen molar-refractivity contribution in [3.8, 4) is 11.4 Å². The van der Waals surface area contributed by atoms with Crippen LogP contribution >= 0.6 is 0 Å². The van der Waals surface area contributed by atoms with Crippen molar-refractivity contribution in [2.75, 3.05) is 5.73 Å². The number of nitrogens with two attached hydrogens (primary N) is 1. The predicted octanol–water partition coefficient (Wildman–Crippen LogP) is 2.89. The molecule has 0 aliphatic carbocycles. The van der Waals surface area contributed by atoms with Gasteiger partial charge in [-0.2, -0.15) is 0 Å². The number of anilines is 1. The second-order valence-electron chi connectivity index (χ2n) is 4.13. The molecule has 3 heteroatoms. The number of nitrogens with zero attached hydrogens (tertiary/aromatic N) is 2. The summed E-state index contributed by atoms with van der Waals surface area (Å²) in [5.74, 6) is 0.936. The molecule has 3 aromatic rings. The molecule has 0 bridgehead atoms. The van der Waals surface area contributed by atoms with E-state index in [9.17, 15) is 0 Å². The highest BCUT2D eigenvalue weighted by Gasteiger charge is 2.07. The first-order valence-electron chi connectivity index (χ1n) is 5.55. The van der Waals surface area contributed by atoms with Gasteiger partial charge in [-0.25, -0.2) is 4.98 Å². The lowest BCUT2D eigenvalue weighted by atomic mass is 10.2. The van der Waals surface area contributed by atoms with Gasteiger partial charge in [-0.3, -0.25) is 4.40 Å². The van der Waals surface area contributed by atoms with Crippen LogP contribution in [0, 0.1) is 6.92 Å². The highest BCUT2D eigenvalue weighted by atomic mass is 15.0. The second kappa shape index (κ2) is 3.63. The summed E-state index contributed by atoms with van der Waals surface area (Å²) < 4.78 is 2.13. The summed E-state index contributed by atoms with van der Waals surface area (Å²) in [6.45, 7) is 2.07. The Morgan fingerprint density at radius 1 is 1.12 bits per heavy atom. The zero-order valence-electron chi connectivity index (χ0n) is 9.59. The standard InChI is InChI=1S/C14H13N3/c1-10-4-2-7-13-9-16-14(17(10)13)11-5-3-6-12(15)8-11/h2-9H,15H2,1H3. The number of nitrogen functional groups attached to an aromatic ring is 1. The third-order valence-electron chi connectivity index (χ3n) is 2.89. The van der Waals surface area contributed by atoms with E-state index in [1.165, 1.54) is 0 Å².